The average Bonchev–Trinajstić information content (AvgIpc) is 0.854. The number of nitrogens with two attached hydrogens (primary N) is 11. The first-order valence-electron chi connectivity index (χ1n) is 48.3. The molecule has 0 aromatic carbocycles. The van der Waals surface area contributed by atoms with Gasteiger partial charge in [-0.1, -0.05) is 83.1 Å². The maximum absolute atomic E-state index is 14.9. The van der Waals surface area contributed by atoms with Gasteiger partial charge in [0.05, 0.1) is 12.6 Å². The molecule has 0 unspecified atom stereocenters. The quantitative estimate of drug-likeness (QED) is 0.0262. The summed E-state index contributed by atoms with van der Waals surface area (Å²) in [6.45, 7) is 22.8. The number of rotatable bonds is 77. The van der Waals surface area contributed by atoms with Crippen molar-refractivity contribution in [2.45, 2.75) is 373 Å². The summed E-state index contributed by atoms with van der Waals surface area (Å²) in [5, 5.41) is 40.5. The molecular weight excluding hydrogens is 1730 g/mol. The molecule has 44 heteroatoms. The second kappa shape index (κ2) is 70.7. The molecule has 0 heterocycles. The smallest absolute Gasteiger partial charge is 0.243 e. The van der Waals surface area contributed by atoms with Crippen molar-refractivity contribution in [3.05, 3.63) is 0 Å². The lowest BCUT2D eigenvalue weighted by molar-refractivity contribution is -0.137. The van der Waals surface area contributed by atoms with E-state index in [1.54, 1.807) is 55.4 Å². The van der Waals surface area contributed by atoms with Gasteiger partial charge in [-0.3, -0.25) is 86.3 Å². The molecule has 0 fully saturated rings. The van der Waals surface area contributed by atoms with Gasteiger partial charge in [0, 0.05) is 12.8 Å². The normalized spacial score (nSPS) is 14.8. The summed E-state index contributed by atoms with van der Waals surface area (Å²) in [7, 11) is 0. The Morgan fingerprint density at radius 3 is 0.493 bits per heavy atom. The minimum atomic E-state index is -1.73. The van der Waals surface area contributed by atoms with Crippen LogP contribution in [0.4, 0.5) is 0 Å². The Bertz CT molecular complexity index is 3600. The van der Waals surface area contributed by atoms with Gasteiger partial charge in [0.1, 0.15) is 84.6 Å². The average molecular weight is 1910 g/mol. The SMILES string of the molecule is CC(C)C[C@H](NC(=O)[C@H](CCCCN)NC(=O)[C@H](CC(C)C)NC(=O)[C@H](CC(C)C)NC(=O)[C@H](CCCCN)NC(=O)[C@H](CCCCN)NC(=O)[C@H](CCC(N)=O)NC(=O)[C@H](CCC(N)=O)NC(=O)[C@H](CCCCN)NC(=O)[C@H](CC(C)C)NC(=O)[C@H](CC(C)C)NC(=O)[C@H](CCCCN)NC(=O)[C@H](CCCCN)NC(=O)[C@@H](N)CC(C)C)C(=O)N[C@@H](CCCCN)C(=O)NCC(N)=O. The van der Waals surface area contributed by atoms with Crippen LogP contribution >= 0.6 is 0 Å². The van der Waals surface area contributed by atoms with Crippen LogP contribution in [0.15, 0.2) is 0 Å². The molecule has 18 amide bonds. The highest BCUT2D eigenvalue weighted by Crippen LogP contribution is 2.19. The van der Waals surface area contributed by atoms with Crippen LogP contribution in [0.2, 0.25) is 0 Å². The summed E-state index contributed by atoms with van der Waals surface area (Å²) in [4.78, 5) is 254. The fourth-order valence-electron chi connectivity index (χ4n) is 14.7. The minimum absolute atomic E-state index is 0.00903. The molecule has 0 saturated carbocycles. The fraction of sp³-hybridized carbons (Fsp3) is 0.800. The monoisotopic (exact) mass is 1910 g/mol. The molecule has 0 aliphatic rings. The predicted octanol–water partition coefficient (Wildman–Crippen LogP) is -3.59. The van der Waals surface area contributed by atoms with Gasteiger partial charge < -0.3 is 143 Å². The topological polar surface area (TPSA) is 774 Å². The fourth-order valence-corrected chi connectivity index (χ4v) is 14.7. The maximum Gasteiger partial charge on any atom is 0.243 e. The lowest BCUT2D eigenvalue weighted by Crippen LogP contribution is -2.61. The van der Waals surface area contributed by atoms with Gasteiger partial charge in [0.15, 0.2) is 0 Å². The molecule has 44 nitrogen and oxygen atoms in total. The molecule has 0 saturated heterocycles. The molecule has 37 N–H and O–H groups in total. The van der Waals surface area contributed by atoms with E-state index in [-0.39, 0.29) is 165 Å². The van der Waals surface area contributed by atoms with Crippen molar-refractivity contribution in [3.63, 3.8) is 0 Å². The number of hydrogen-bond acceptors (Lipinski definition) is 26. The summed E-state index contributed by atoms with van der Waals surface area (Å²) in [5.41, 5.74) is 63.6. The van der Waals surface area contributed by atoms with Crippen LogP contribution in [-0.4, -0.2) is 249 Å². The highest BCUT2D eigenvalue weighted by molar-refractivity contribution is 6.01. The van der Waals surface area contributed by atoms with Crippen LogP contribution in [0.25, 0.3) is 0 Å². The van der Waals surface area contributed by atoms with Gasteiger partial charge in [-0.15, -0.1) is 0 Å². The van der Waals surface area contributed by atoms with Gasteiger partial charge in [-0.05, 0) is 268 Å². The van der Waals surface area contributed by atoms with Gasteiger partial charge in [0.2, 0.25) is 106 Å². The van der Waals surface area contributed by atoms with Crippen LogP contribution in [-0.2, 0) is 86.3 Å². The molecule has 0 bridgehead atoms. The van der Waals surface area contributed by atoms with E-state index in [1.165, 1.54) is 0 Å². The second-order valence-corrected chi connectivity index (χ2v) is 37.4. The van der Waals surface area contributed by atoms with Gasteiger partial charge >= 0.3 is 0 Å². The van der Waals surface area contributed by atoms with Crippen LogP contribution in [0, 0.1) is 35.5 Å². The van der Waals surface area contributed by atoms with Crippen molar-refractivity contribution in [3.8, 4) is 0 Å². The predicted molar refractivity (Wildman–Crippen MR) is 511 cm³/mol. The molecule has 0 rings (SSSR count). The zero-order valence-electron chi connectivity index (χ0n) is 81.9. The first-order chi connectivity index (χ1) is 63.2. The second-order valence-electron chi connectivity index (χ2n) is 37.4. The Hall–Kier alpha value is -9.86. The third-order valence-electron chi connectivity index (χ3n) is 21.9. The number of nitrogens with one attached hydrogen (secondary N) is 15. The molecule has 0 aliphatic heterocycles. The molecule has 134 heavy (non-hydrogen) atoms. The third kappa shape index (κ3) is 55.2. The number of amides is 18. The summed E-state index contributed by atoms with van der Waals surface area (Å²) >= 11 is 0. The zero-order chi connectivity index (χ0) is 102. The maximum atomic E-state index is 14.9. The summed E-state index contributed by atoms with van der Waals surface area (Å²) < 4.78 is 0. The standard InChI is InChI=1S/C90H172N26O18/c1-52(2)45-58(98)76(120)103-60(28-14-21-39-92)78(122)105-63(31-17-24-42-95)81(125)113-71(49-56(9)10)89(133)115-69(47-54(5)6)87(131)108-62(30-16-23-41-94)80(124)110-67(35-37-74(100)118)85(129)111-66(34-36-73(99)117)84(128)107-61(29-15-22-40-93)79(123)106-64(32-18-25-43-96)82(126)114-72(50-57(11)12)90(134)116-70(48-55(7)8)88(132)109-65(33-19-26-44-97)83(127)112-68(46-53(3)4)86(130)104-59(27-13-20-38-91)77(121)102-51-75(101)119/h52-72H,13-51,91-98H2,1-12H3,(H2,99,117)(H2,100,118)(H2,101,119)(H,102,121)(H,103,120)(H,104,130)(H,105,122)(H,106,123)(H,107,128)(H,108,131)(H,109,132)(H,110,124)(H,111,129)(H,112,127)(H,113,125)(H,114,126)(H,115,133)(H,116,134)/t58-,59-,60-,61-,62-,63-,64-,65-,66-,67-,68-,69-,70-,71-,72-/m0/s1. The van der Waals surface area contributed by atoms with E-state index < -0.39 is 229 Å². The Labute approximate surface area is 792 Å². The first kappa shape index (κ1) is 124. The van der Waals surface area contributed by atoms with Crippen molar-refractivity contribution >= 4 is 106 Å². The van der Waals surface area contributed by atoms with Crippen molar-refractivity contribution < 1.29 is 86.3 Å². The number of hydrogen-bond donors (Lipinski definition) is 26. The molecule has 0 spiro atoms. The number of primary amides is 3. The highest BCUT2D eigenvalue weighted by atomic mass is 16.2. The number of unbranched alkanes of at least 4 members (excludes halogenated alkanes) is 7. The van der Waals surface area contributed by atoms with E-state index in [4.69, 9.17) is 63.1 Å². The Morgan fingerprint density at radius 2 is 0.336 bits per heavy atom. The van der Waals surface area contributed by atoms with E-state index >= 15 is 0 Å². The van der Waals surface area contributed by atoms with E-state index in [0.717, 1.165) is 0 Å². The highest BCUT2D eigenvalue weighted by Gasteiger charge is 2.40. The Kier molecular flexibility index (Phi) is 65.5. The third-order valence-corrected chi connectivity index (χ3v) is 21.9. The Morgan fingerprint density at radius 1 is 0.187 bits per heavy atom. The Balaban J connectivity index is 7.60. The van der Waals surface area contributed by atoms with Crippen molar-refractivity contribution in [2.24, 2.45) is 98.6 Å². The number of carbonyl (C=O) groups is 18. The zero-order valence-corrected chi connectivity index (χ0v) is 81.9. The van der Waals surface area contributed by atoms with Crippen LogP contribution < -0.4 is 143 Å². The number of carbonyl (C=O) groups excluding carboxylic acids is 18. The summed E-state index contributed by atoms with van der Waals surface area (Å²) in [5.74, 6) is -16.1. The minimum Gasteiger partial charge on any atom is -0.370 e. The van der Waals surface area contributed by atoms with Crippen LogP contribution in [0.1, 0.15) is 282 Å². The molecule has 770 valence electrons. The molecule has 0 aromatic rings. The molecular formula is C90H172N26O18. The molecule has 0 aromatic heterocycles. The van der Waals surface area contributed by atoms with Crippen molar-refractivity contribution in [1.82, 2.24) is 79.8 Å². The van der Waals surface area contributed by atoms with Crippen molar-refractivity contribution in [2.75, 3.05) is 52.4 Å². The lowest BCUT2D eigenvalue weighted by Gasteiger charge is -2.29. The van der Waals surface area contributed by atoms with E-state index in [1.807, 2.05) is 27.7 Å². The van der Waals surface area contributed by atoms with E-state index in [2.05, 4.69) is 79.8 Å². The van der Waals surface area contributed by atoms with Gasteiger partial charge in [-0.25, -0.2) is 0 Å². The van der Waals surface area contributed by atoms with E-state index in [0.29, 0.717) is 90.1 Å². The van der Waals surface area contributed by atoms with Crippen LogP contribution in [0.3, 0.4) is 0 Å². The van der Waals surface area contributed by atoms with Crippen molar-refractivity contribution in [1.29, 1.82) is 0 Å². The van der Waals surface area contributed by atoms with E-state index in [9.17, 15) is 86.3 Å². The summed E-state index contributed by atoms with van der Waals surface area (Å²) in [6.07, 6.45) is 3.84. The van der Waals surface area contributed by atoms with Gasteiger partial charge in [-0.2, -0.15) is 0 Å². The molecule has 0 radical (unpaired) electrons. The summed E-state index contributed by atoms with van der Waals surface area (Å²) in [6, 6.07) is -20.1. The lowest BCUT2D eigenvalue weighted by atomic mass is 9.98. The van der Waals surface area contributed by atoms with Crippen LogP contribution in [0.5, 0.6) is 0 Å². The first-order valence-corrected chi connectivity index (χ1v) is 48.3. The van der Waals surface area contributed by atoms with Gasteiger partial charge in [0.25, 0.3) is 0 Å². The largest absolute Gasteiger partial charge is 0.370 e. The molecule has 15 atom stereocenters. The molecule has 0 aliphatic carbocycles.